The molecule has 1 aromatic carbocycles. The molecule has 4 rings (SSSR count). The highest BCUT2D eigenvalue weighted by molar-refractivity contribution is 6.43. The average Bonchev–Trinajstić information content (AvgIpc) is 3.41. The number of urea groups is 1. The van der Waals surface area contributed by atoms with Crippen molar-refractivity contribution in [3.05, 3.63) is 58.5 Å². The number of pyridine rings is 1. The molecule has 3 aromatic rings. The summed E-state index contributed by atoms with van der Waals surface area (Å²) in [5.74, 6) is -0.204. The SMILES string of the molecule is Cn1cc(-c2cnc(N)c(C(=O)N[C@@H]3CCN(C(=O)Nc4cccc(Cl)c4Cl)C3)c2)cn1. The maximum absolute atomic E-state index is 12.9. The van der Waals surface area contributed by atoms with Crippen molar-refractivity contribution >= 4 is 46.6 Å². The average molecular weight is 474 g/mol. The predicted octanol–water partition coefficient (Wildman–Crippen LogP) is 3.41. The highest BCUT2D eigenvalue weighted by Gasteiger charge is 2.28. The van der Waals surface area contributed by atoms with Gasteiger partial charge < -0.3 is 21.3 Å². The van der Waals surface area contributed by atoms with Gasteiger partial charge in [-0.15, -0.1) is 0 Å². The number of aromatic nitrogens is 3. The van der Waals surface area contributed by atoms with Crippen LogP contribution in [0.1, 0.15) is 16.8 Å². The third kappa shape index (κ3) is 4.63. The fraction of sp³-hybridized carbons (Fsp3) is 0.238. The predicted molar refractivity (Wildman–Crippen MR) is 124 cm³/mol. The van der Waals surface area contributed by atoms with Crippen LogP contribution in [-0.2, 0) is 7.05 Å². The Bertz CT molecular complexity index is 1180. The standard InChI is InChI=1S/C21H21Cl2N7O2/c1-29-10-13(9-26-29)12-7-15(19(24)25-8-12)20(31)27-14-5-6-30(11-14)21(32)28-17-4-2-3-16(22)18(17)23/h2-4,7-10,14H,5-6,11H2,1H3,(H2,24,25)(H,27,31)(H,28,32)/t14-/m1/s1. The number of benzene rings is 1. The number of carbonyl (C=O) groups excluding carboxylic acids is 2. The quantitative estimate of drug-likeness (QED) is 0.536. The summed E-state index contributed by atoms with van der Waals surface area (Å²) in [7, 11) is 1.81. The van der Waals surface area contributed by atoms with Crippen molar-refractivity contribution < 1.29 is 9.59 Å². The summed E-state index contributed by atoms with van der Waals surface area (Å²) in [5, 5.41) is 10.5. The molecule has 1 atom stereocenters. The van der Waals surface area contributed by atoms with Gasteiger partial charge >= 0.3 is 6.03 Å². The second kappa shape index (κ2) is 9.05. The molecule has 11 heteroatoms. The van der Waals surface area contributed by atoms with Crippen LogP contribution in [0.4, 0.5) is 16.3 Å². The largest absolute Gasteiger partial charge is 0.383 e. The number of nitrogens with two attached hydrogens (primary N) is 1. The van der Waals surface area contributed by atoms with E-state index < -0.39 is 0 Å². The molecule has 0 radical (unpaired) electrons. The van der Waals surface area contributed by atoms with Crippen LogP contribution >= 0.6 is 23.2 Å². The van der Waals surface area contributed by atoms with E-state index in [1.54, 1.807) is 46.2 Å². The van der Waals surface area contributed by atoms with E-state index >= 15 is 0 Å². The second-order valence-electron chi connectivity index (χ2n) is 7.50. The van der Waals surface area contributed by atoms with E-state index in [9.17, 15) is 9.59 Å². The van der Waals surface area contributed by atoms with E-state index in [0.29, 0.717) is 30.2 Å². The van der Waals surface area contributed by atoms with Crippen LogP contribution in [0.5, 0.6) is 0 Å². The zero-order valence-electron chi connectivity index (χ0n) is 17.2. The number of hydrogen-bond donors (Lipinski definition) is 3. The minimum atomic E-state index is -0.342. The lowest BCUT2D eigenvalue weighted by Crippen LogP contribution is -2.40. The van der Waals surface area contributed by atoms with Gasteiger partial charge in [0.25, 0.3) is 5.91 Å². The number of anilines is 2. The molecule has 0 aliphatic carbocycles. The van der Waals surface area contributed by atoms with Crippen molar-refractivity contribution in [2.24, 2.45) is 7.05 Å². The summed E-state index contributed by atoms with van der Waals surface area (Å²) in [6.45, 7) is 0.837. The maximum atomic E-state index is 12.9. The number of likely N-dealkylation sites (tertiary alicyclic amines) is 1. The van der Waals surface area contributed by atoms with Gasteiger partial charge in [0.2, 0.25) is 0 Å². The van der Waals surface area contributed by atoms with Crippen molar-refractivity contribution in [3.8, 4) is 11.1 Å². The normalized spacial score (nSPS) is 15.6. The van der Waals surface area contributed by atoms with E-state index in [4.69, 9.17) is 28.9 Å². The van der Waals surface area contributed by atoms with Gasteiger partial charge in [0.15, 0.2) is 0 Å². The lowest BCUT2D eigenvalue weighted by molar-refractivity contribution is 0.0938. The molecule has 0 unspecified atom stereocenters. The molecule has 0 spiro atoms. The van der Waals surface area contributed by atoms with Crippen molar-refractivity contribution in [2.45, 2.75) is 12.5 Å². The molecule has 1 aliphatic rings. The number of nitrogens with one attached hydrogen (secondary N) is 2. The smallest absolute Gasteiger partial charge is 0.321 e. The molecule has 1 aliphatic heterocycles. The number of carbonyl (C=O) groups is 2. The molecule has 1 fully saturated rings. The van der Waals surface area contributed by atoms with Gasteiger partial charge in [-0.2, -0.15) is 5.10 Å². The molecule has 1 saturated heterocycles. The third-order valence-corrected chi connectivity index (χ3v) is 6.02. The number of halogens is 2. The minimum Gasteiger partial charge on any atom is -0.383 e. The molecule has 3 amide bonds. The molecule has 0 saturated carbocycles. The van der Waals surface area contributed by atoms with Gasteiger partial charge in [-0.05, 0) is 24.6 Å². The van der Waals surface area contributed by atoms with E-state index in [1.165, 1.54) is 0 Å². The molecule has 32 heavy (non-hydrogen) atoms. The highest BCUT2D eigenvalue weighted by Crippen LogP contribution is 2.30. The number of amides is 3. The summed E-state index contributed by atoms with van der Waals surface area (Å²) in [6, 6.07) is 6.18. The van der Waals surface area contributed by atoms with Gasteiger partial charge in [-0.1, -0.05) is 29.3 Å². The Hall–Kier alpha value is -3.30. The molecular formula is C21H21Cl2N7O2. The van der Waals surface area contributed by atoms with Crippen molar-refractivity contribution in [1.82, 2.24) is 25.0 Å². The van der Waals surface area contributed by atoms with Crippen LogP contribution in [0.2, 0.25) is 10.0 Å². The minimum absolute atomic E-state index is 0.137. The molecule has 2 aromatic heterocycles. The Morgan fingerprint density at radius 2 is 2.03 bits per heavy atom. The van der Waals surface area contributed by atoms with Crippen LogP contribution in [0.3, 0.4) is 0 Å². The van der Waals surface area contributed by atoms with Gasteiger partial charge in [-0.25, -0.2) is 9.78 Å². The van der Waals surface area contributed by atoms with Gasteiger partial charge in [0.1, 0.15) is 5.82 Å². The maximum Gasteiger partial charge on any atom is 0.321 e. The first-order valence-corrected chi connectivity index (χ1v) is 10.6. The van der Waals surface area contributed by atoms with Crippen molar-refractivity contribution in [1.29, 1.82) is 0 Å². The summed E-state index contributed by atoms with van der Waals surface area (Å²) in [6.07, 6.45) is 5.73. The Morgan fingerprint density at radius 1 is 1.22 bits per heavy atom. The van der Waals surface area contributed by atoms with Gasteiger partial charge in [0, 0.05) is 49.7 Å². The molecule has 9 nitrogen and oxygen atoms in total. The topological polar surface area (TPSA) is 118 Å². The molecule has 4 N–H and O–H groups in total. The summed E-state index contributed by atoms with van der Waals surface area (Å²) < 4.78 is 1.67. The Balaban J connectivity index is 1.40. The Labute approximate surface area is 194 Å². The van der Waals surface area contributed by atoms with Crippen molar-refractivity contribution in [2.75, 3.05) is 24.1 Å². The van der Waals surface area contributed by atoms with Crippen LogP contribution < -0.4 is 16.4 Å². The summed E-state index contributed by atoms with van der Waals surface area (Å²) >= 11 is 12.1. The third-order valence-electron chi connectivity index (χ3n) is 5.21. The van der Waals surface area contributed by atoms with E-state index in [0.717, 1.165) is 11.1 Å². The first-order valence-electron chi connectivity index (χ1n) is 9.87. The number of rotatable bonds is 4. The van der Waals surface area contributed by atoms with E-state index in [1.807, 2.05) is 13.2 Å². The lowest BCUT2D eigenvalue weighted by Gasteiger charge is -2.19. The fourth-order valence-electron chi connectivity index (χ4n) is 3.51. The zero-order chi connectivity index (χ0) is 22.8. The van der Waals surface area contributed by atoms with Crippen LogP contribution in [0.25, 0.3) is 11.1 Å². The Kier molecular flexibility index (Phi) is 6.20. The van der Waals surface area contributed by atoms with E-state index in [2.05, 4.69) is 20.7 Å². The van der Waals surface area contributed by atoms with Crippen LogP contribution in [-0.4, -0.2) is 50.7 Å². The first-order chi connectivity index (χ1) is 15.3. The summed E-state index contributed by atoms with van der Waals surface area (Å²) in [4.78, 5) is 31.2. The number of aryl methyl sites for hydroxylation is 1. The van der Waals surface area contributed by atoms with E-state index in [-0.39, 0.29) is 34.4 Å². The van der Waals surface area contributed by atoms with Gasteiger partial charge in [-0.3, -0.25) is 9.48 Å². The molecular weight excluding hydrogens is 453 g/mol. The highest BCUT2D eigenvalue weighted by atomic mass is 35.5. The lowest BCUT2D eigenvalue weighted by atomic mass is 10.1. The molecule has 3 heterocycles. The van der Waals surface area contributed by atoms with Crippen LogP contribution in [0, 0.1) is 0 Å². The first kappa shape index (κ1) is 21.9. The number of hydrogen-bond acceptors (Lipinski definition) is 5. The van der Waals surface area contributed by atoms with Gasteiger partial charge in [0.05, 0.1) is 27.5 Å². The number of nitrogen functional groups attached to an aromatic ring is 1. The second-order valence-corrected chi connectivity index (χ2v) is 8.28. The van der Waals surface area contributed by atoms with Crippen LogP contribution in [0.15, 0.2) is 42.9 Å². The Morgan fingerprint density at radius 3 is 2.78 bits per heavy atom. The number of nitrogens with zero attached hydrogens (tertiary/aromatic N) is 4. The fourth-order valence-corrected chi connectivity index (χ4v) is 3.85. The van der Waals surface area contributed by atoms with Crippen molar-refractivity contribution in [3.63, 3.8) is 0 Å². The monoisotopic (exact) mass is 473 g/mol. The molecule has 166 valence electrons. The molecule has 0 bridgehead atoms. The summed E-state index contributed by atoms with van der Waals surface area (Å²) in [5.41, 5.74) is 8.23. The zero-order valence-corrected chi connectivity index (χ0v) is 18.7.